The van der Waals surface area contributed by atoms with Gasteiger partial charge >= 0.3 is 6.08 Å². The first-order valence-corrected chi connectivity index (χ1v) is 9.28. The molecule has 3 aliphatic heterocycles. The highest BCUT2D eigenvalue weighted by Crippen LogP contribution is 2.33. The summed E-state index contributed by atoms with van der Waals surface area (Å²) in [5, 5.41) is 3.77. The Balaban J connectivity index is 1.40. The molecule has 3 aliphatic rings. The van der Waals surface area contributed by atoms with Crippen LogP contribution in [0.2, 0.25) is 0 Å². The van der Waals surface area contributed by atoms with E-state index in [1.54, 1.807) is 12.1 Å². The number of hydrogen-bond acceptors (Lipinski definition) is 7. The molecule has 2 atom stereocenters. The molecular weight excluding hydrogens is 342 g/mol. The van der Waals surface area contributed by atoms with Crippen LogP contribution in [0.1, 0.15) is 29.4 Å². The number of oxazole rings is 1. The Labute approximate surface area is 149 Å². The summed E-state index contributed by atoms with van der Waals surface area (Å²) in [6, 6.07) is 4.13. The quantitative estimate of drug-likeness (QED) is 0.880. The molecule has 25 heavy (non-hydrogen) atoms. The first kappa shape index (κ1) is 16.4. The Bertz CT molecular complexity index is 749. The number of thiophene rings is 1. The zero-order valence-corrected chi connectivity index (χ0v) is 15.0. The monoisotopic (exact) mass is 363 g/mol. The third-order valence-electron chi connectivity index (χ3n) is 5.14. The maximum atomic E-state index is 12.6. The molecule has 0 aliphatic carbocycles. The van der Waals surface area contributed by atoms with E-state index >= 15 is 0 Å². The summed E-state index contributed by atoms with van der Waals surface area (Å²) in [6.45, 7) is 4.50. The lowest BCUT2D eigenvalue weighted by Crippen LogP contribution is -2.62. The summed E-state index contributed by atoms with van der Waals surface area (Å²) in [6.07, 6.45) is 3.79. The highest BCUT2D eigenvalue weighted by atomic mass is 32.1. The minimum absolute atomic E-state index is 0.0459. The molecule has 134 valence electrons. The third kappa shape index (κ3) is 3.23. The Kier molecular flexibility index (Phi) is 4.39. The van der Waals surface area contributed by atoms with Crippen molar-refractivity contribution < 1.29 is 18.7 Å². The van der Waals surface area contributed by atoms with Gasteiger partial charge in [-0.25, -0.2) is 0 Å². The lowest BCUT2D eigenvalue weighted by Gasteiger charge is -2.49. The molecule has 2 bridgehead atoms. The van der Waals surface area contributed by atoms with Crippen LogP contribution in [0.3, 0.4) is 0 Å². The zero-order valence-electron chi connectivity index (χ0n) is 14.2. The number of aromatic nitrogens is 1. The van der Waals surface area contributed by atoms with Gasteiger partial charge in [-0.15, -0.1) is 4.98 Å². The summed E-state index contributed by atoms with van der Waals surface area (Å²) in [5.41, 5.74) is 0. The van der Waals surface area contributed by atoms with Crippen LogP contribution in [0.4, 0.5) is 0 Å². The van der Waals surface area contributed by atoms with E-state index < -0.39 is 0 Å². The van der Waals surface area contributed by atoms with Crippen LogP contribution in [0.25, 0.3) is 0 Å². The van der Waals surface area contributed by atoms with Gasteiger partial charge in [-0.05, 0) is 50.9 Å². The number of carbonyl (C=O) groups is 1. The van der Waals surface area contributed by atoms with Gasteiger partial charge in [0.2, 0.25) is 0 Å². The predicted molar refractivity (Wildman–Crippen MR) is 92.5 cm³/mol. The fourth-order valence-corrected chi connectivity index (χ4v) is 4.49. The molecular formula is C17H21N3O4S. The molecule has 7 nitrogen and oxygen atoms in total. The second kappa shape index (κ2) is 6.68. The normalized spacial score (nSPS) is 27.9. The SMILES string of the molecule is COc1coc(Oc2ccc(C(=O)NC3C4CCN(CC4)C3C)s2)n1. The Morgan fingerprint density at radius 2 is 2.20 bits per heavy atom. The first-order chi connectivity index (χ1) is 12.1. The highest BCUT2D eigenvalue weighted by Gasteiger charge is 2.40. The van der Waals surface area contributed by atoms with Crippen molar-refractivity contribution in [3.05, 3.63) is 23.3 Å². The zero-order chi connectivity index (χ0) is 17.4. The van der Waals surface area contributed by atoms with Gasteiger partial charge in [-0.2, -0.15) is 0 Å². The van der Waals surface area contributed by atoms with Crippen LogP contribution in [0, 0.1) is 5.92 Å². The Hall–Kier alpha value is -2.06. The second-order valence-electron chi connectivity index (χ2n) is 6.49. The van der Waals surface area contributed by atoms with Crippen LogP contribution in [0.15, 0.2) is 22.8 Å². The standard InChI is InChI=1S/C17H21N3O4S/c1-10-15(11-5-7-20(10)8-6-11)19-16(21)12-3-4-14(25-12)24-17-18-13(22-2)9-23-17/h3-4,9-11,15H,5-8H2,1-2H3,(H,19,21). The van der Waals surface area contributed by atoms with Crippen LogP contribution in [-0.4, -0.2) is 48.1 Å². The highest BCUT2D eigenvalue weighted by molar-refractivity contribution is 7.15. The number of carbonyl (C=O) groups excluding carboxylic acids is 1. The number of rotatable bonds is 5. The second-order valence-corrected chi connectivity index (χ2v) is 7.54. The largest absolute Gasteiger partial charge is 0.479 e. The van der Waals surface area contributed by atoms with Gasteiger partial charge in [-0.1, -0.05) is 11.3 Å². The van der Waals surface area contributed by atoms with E-state index in [0.717, 1.165) is 13.1 Å². The van der Waals surface area contributed by atoms with Gasteiger partial charge in [0, 0.05) is 12.1 Å². The van der Waals surface area contributed by atoms with Crippen LogP contribution < -0.4 is 14.8 Å². The van der Waals surface area contributed by atoms with Gasteiger partial charge in [0.15, 0.2) is 11.3 Å². The van der Waals surface area contributed by atoms with E-state index in [0.29, 0.717) is 27.8 Å². The van der Waals surface area contributed by atoms with Crippen LogP contribution >= 0.6 is 11.3 Å². The molecule has 1 N–H and O–H groups in total. The van der Waals surface area contributed by atoms with E-state index in [9.17, 15) is 4.79 Å². The van der Waals surface area contributed by atoms with Crippen molar-refractivity contribution in [2.75, 3.05) is 20.2 Å². The van der Waals surface area contributed by atoms with Crippen LogP contribution in [0.5, 0.6) is 17.0 Å². The summed E-state index contributed by atoms with van der Waals surface area (Å²) >= 11 is 1.27. The lowest BCUT2D eigenvalue weighted by atomic mass is 9.79. The molecule has 5 heterocycles. The number of hydrogen-bond donors (Lipinski definition) is 1. The van der Waals surface area contributed by atoms with E-state index in [1.165, 1.54) is 37.6 Å². The van der Waals surface area contributed by atoms with E-state index in [-0.39, 0.29) is 18.0 Å². The minimum Gasteiger partial charge on any atom is -0.479 e. The number of nitrogens with zero attached hydrogens (tertiary/aromatic N) is 2. The number of amides is 1. The summed E-state index contributed by atoms with van der Waals surface area (Å²) in [7, 11) is 1.50. The fourth-order valence-electron chi connectivity index (χ4n) is 3.73. The van der Waals surface area contributed by atoms with Gasteiger partial charge in [0.25, 0.3) is 11.8 Å². The molecule has 1 amide bonds. The number of fused-ring (bicyclic) bond motifs is 3. The molecule has 0 spiro atoms. The predicted octanol–water partition coefficient (Wildman–Crippen LogP) is 2.75. The molecule has 2 aromatic heterocycles. The lowest BCUT2D eigenvalue weighted by molar-refractivity contribution is 0.0218. The van der Waals surface area contributed by atoms with Crippen LogP contribution in [-0.2, 0) is 0 Å². The topological polar surface area (TPSA) is 76.8 Å². The molecule has 2 aromatic rings. The maximum Gasteiger partial charge on any atom is 0.403 e. The maximum absolute atomic E-state index is 12.6. The van der Waals surface area contributed by atoms with Crippen molar-refractivity contribution in [3.63, 3.8) is 0 Å². The van der Waals surface area contributed by atoms with Crippen molar-refractivity contribution in [2.24, 2.45) is 5.92 Å². The van der Waals surface area contributed by atoms with Crippen molar-refractivity contribution in [1.82, 2.24) is 15.2 Å². The number of methoxy groups -OCH3 is 1. The molecule has 5 rings (SSSR count). The molecule has 3 saturated heterocycles. The Morgan fingerprint density at radius 1 is 1.40 bits per heavy atom. The molecule has 2 unspecified atom stereocenters. The van der Waals surface area contributed by atoms with Crippen molar-refractivity contribution in [3.8, 4) is 17.0 Å². The Morgan fingerprint density at radius 3 is 2.88 bits per heavy atom. The summed E-state index contributed by atoms with van der Waals surface area (Å²) in [4.78, 5) is 19.7. The van der Waals surface area contributed by atoms with Gasteiger partial charge in [0.05, 0.1) is 12.0 Å². The van der Waals surface area contributed by atoms with Gasteiger partial charge in [0.1, 0.15) is 0 Å². The molecule has 0 saturated carbocycles. The number of nitrogens with one attached hydrogen (secondary N) is 1. The van der Waals surface area contributed by atoms with E-state index in [1.807, 2.05) is 0 Å². The summed E-state index contributed by atoms with van der Waals surface area (Å²) < 4.78 is 15.6. The minimum atomic E-state index is -0.0459. The van der Waals surface area contributed by atoms with Crippen molar-refractivity contribution in [2.45, 2.75) is 31.8 Å². The fraction of sp³-hybridized carbons (Fsp3) is 0.529. The first-order valence-electron chi connectivity index (χ1n) is 8.46. The van der Waals surface area contributed by atoms with Gasteiger partial charge < -0.3 is 19.2 Å². The number of piperidine rings is 3. The molecule has 0 radical (unpaired) electrons. The summed E-state index contributed by atoms with van der Waals surface area (Å²) in [5.74, 6) is 0.885. The van der Waals surface area contributed by atoms with Crippen molar-refractivity contribution >= 4 is 17.2 Å². The van der Waals surface area contributed by atoms with Gasteiger partial charge in [-0.3, -0.25) is 9.69 Å². The van der Waals surface area contributed by atoms with E-state index in [4.69, 9.17) is 13.9 Å². The molecule has 0 aromatic carbocycles. The van der Waals surface area contributed by atoms with E-state index in [2.05, 4.69) is 22.1 Å². The molecule has 8 heteroatoms. The van der Waals surface area contributed by atoms with Crippen molar-refractivity contribution in [1.29, 1.82) is 0 Å². The number of ether oxygens (including phenoxy) is 2. The third-order valence-corrected chi connectivity index (χ3v) is 6.10. The average molecular weight is 363 g/mol. The smallest absolute Gasteiger partial charge is 0.403 e. The average Bonchev–Trinajstić information content (AvgIpc) is 3.28. The molecule has 3 fully saturated rings.